The largest absolute Gasteiger partial charge is 0.383 e. The lowest BCUT2D eigenvalue weighted by Gasteiger charge is -2.08. The summed E-state index contributed by atoms with van der Waals surface area (Å²) in [4.78, 5) is 0.679. The van der Waals surface area contributed by atoms with Gasteiger partial charge in [0.05, 0.1) is 10.7 Å². The van der Waals surface area contributed by atoms with E-state index in [2.05, 4.69) is 5.32 Å². The van der Waals surface area contributed by atoms with E-state index in [1.807, 2.05) is 30.3 Å². The standard InChI is InChI=1S/C14H13ClFNS/c15-11-5-1-3-7-13(11)17-9-10-18-14-8-4-2-6-12(14)16/h1-8,17H,9-10H2. The van der Waals surface area contributed by atoms with Gasteiger partial charge < -0.3 is 5.32 Å². The fourth-order valence-corrected chi connectivity index (χ4v) is 2.52. The van der Waals surface area contributed by atoms with Crippen LogP contribution < -0.4 is 5.32 Å². The summed E-state index contributed by atoms with van der Waals surface area (Å²) >= 11 is 7.51. The Bertz CT molecular complexity index is 471. The summed E-state index contributed by atoms with van der Waals surface area (Å²) in [5.74, 6) is 0.617. The van der Waals surface area contributed by atoms with Crippen LogP contribution in [0.15, 0.2) is 53.4 Å². The van der Waals surface area contributed by atoms with Gasteiger partial charge in [-0.2, -0.15) is 0 Å². The molecule has 2 rings (SSSR count). The van der Waals surface area contributed by atoms with Crippen molar-refractivity contribution in [2.45, 2.75) is 4.90 Å². The predicted molar refractivity (Wildman–Crippen MR) is 77.1 cm³/mol. The van der Waals surface area contributed by atoms with Crippen molar-refractivity contribution < 1.29 is 4.39 Å². The van der Waals surface area contributed by atoms with Gasteiger partial charge in [0, 0.05) is 17.2 Å². The number of thioether (sulfide) groups is 1. The topological polar surface area (TPSA) is 12.0 Å². The fraction of sp³-hybridized carbons (Fsp3) is 0.143. The Kier molecular flexibility index (Phi) is 4.90. The Labute approximate surface area is 115 Å². The molecule has 0 unspecified atom stereocenters. The van der Waals surface area contributed by atoms with Gasteiger partial charge in [0.25, 0.3) is 0 Å². The Morgan fingerprint density at radius 2 is 1.78 bits per heavy atom. The van der Waals surface area contributed by atoms with Crippen LogP contribution in [-0.4, -0.2) is 12.3 Å². The lowest BCUT2D eigenvalue weighted by Crippen LogP contribution is -2.04. The summed E-state index contributed by atoms with van der Waals surface area (Å²) in [6.45, 7) is 0.739. The van der Waals surface area contributed by atoms with Gasteiger partial charge in [0.15, 0.2) is 0 Å². The molecule has 2 aromatic rings. The van der Waals surface area contributed by atoms with Gasteiger partial charge in [-0.05, 0) is 24.3 Å². The first-order valence-electron chi connectivity index (χ1n) is 5.63. The average molecular weight is 282 g/mol. The lowest BCUT2D eigenvalue weighted by atomic mass is 10.3. The van der Waals surface area contributed by atoms with E-state index in [-0.39, 0.29) is 5.82 Å². The van der Waals surface area contributed by atoms with Gasteiger partial charge in [-0.25, -0.2) is 4.39 Å². The van der Waals surface area contributed by atoms with E-state index in [0.29, 0.717) is 9.92 Å². The molecule has 0 aliphatic carbocycles. The van der Waals surface area contributed by atoms with Crippen molar-refractivity contribution in [3.05, 3.63) is 59.4 Å². The number of hydrogen-bond acceptors (Lipinski definition) is 2. The molecule has 2 aromatic carbocycles. The summed E-state index contributed by atoms with van der Waals surface area (Å²) < 4.78 is 13.3. The molecule has 0 aliphatic rings. The first-order chi connectivity index (χ1) is 8.77. The van der Waals surface area contributed by atoms with Crippen LogP contribution in [0, 0.1) is 5.82 Å². The van der Waals surface area contributed by atoms with Gasteiger partial charge >= 0.3 is 0 Å². The van der Waals surface area contributed by atoms with Gasteiger partial charge in [-0.1, -0.05) is 35.9 Å². The van der Waals surface area contributed by atoms with Crippen molar-refractivity contribution in [2.24, 2.45) is 0 Å². The highest BCUT2D eigenvalue weighted by molar-refractivity contribution is 7.99. The molecule has 1 N–H and O–H groups in total. The van der Waals surface area contributed by atoms with E-state index in [0.717, 1.165) is 18.0 Å². The Balaban J connectivity index is 1.80. The summed E-state index contributed by atoms with van der Waals surface area (Å²) in [6, 6.07) is 14.4. The maximum absolute atomic E-state index is 13.3. The number of para-hydroxylation sites is 1. The smallest absolute Gasteiger partial charge is 0.136 e. The minimum Gasteiger partial charge on any atom is -0.383 e. The summed E-state index contributed by atoms with van der Waals surface area (Å²) in [5, 5.41) is 3.93. The van der Waals surface area contributed by atoms with Crippen LogP contribution in [0.4, 0.5) is 10.1 Å². The van der Waals surface area contributed by atoms with E-state index < -0.39 is 0 Å². The molecule has 94 valence electrons. The second kappa shape index (κ2) is 6.66. The number of rotatable bonds is 5. The molecule has 0 aromatic heterocycles. The molecule has 0 aliphatic heterocycles. The van der Waals surface area contributed by atoms with Crippen LogP contribution in [0.25, 0.3) is 0 Å². The molecule has 0 saturated heterocycles. The molecule has 0 radical (unpaired) electrons. The molecule has 0 spiro atoms. The molecule has 0 amide bonds. The minimum atomic E-state index is -0.166. The van der Waals surface area contributed by atoms with Gasteiger partial charge in [-0.3, -0.25) is 0 Å². The van der Waals surface area contributed by atoms with Crippen molar-refractivity contribution in [3.63, 3.8) is 0 Å². The summed E-state index contributed by atoms with van der Waals surface area (Å²) in [7, 11) is 0. The Morgan fingerprint density at radius 3 is 2.56 bits per heavy atom. The number of nitrogens with one attached hydrogen (secondary N) is 1. The van der Waals surface area contributed by atoms with Crippen LogP contribution in [0.3, 0.4) is 0 Å². The maximum Gasteiger partial charge on any atom is 0.136 e. The highest BCUT2D eigenvalue weighted by Crippen LogP contribution is 2.23. The molecular weight excluding hydrogens is 269 g/mol. The molecule has 0 saturated carbocycles. The zero-order valence-corrected chi connectivity index (χ0v) is 11.3. The van der Waals surface area contributed by atoms with Crippen molar-refractivity contribution in [1.29, 1.82) is 0 Å². The molecule has 1 nitrogen and oxygen atoms in total. The minimum absolute atomic E-state index is 0.166. The zero-order chi connectivity index (χ0) is 12.8. The molecular formula is C14H13ClFNS. The van der Waals surface area contributed by atoms with Crippen molar-refractivity contribution in [1.82, 2.24) is 0 Å². The fourth-order valence-electron chi connectivity index (χ4n) is 1.51. The number of anilines is 1. The Hall–Kier alpha value is -1.19. The molecule has 0 fully saturated rings. The van der Waals surface area contributed by atoms with E-state index >= 15 is 0 Å². The van der Waals surface area contributed by atoms with E-state index in [1.54, 1.807) is 12.1 Å². The second-order valence-electron chi connectivity index (χ2n) is 3.69. The molecule has 0 bridgehead atoms. The predicted octanol–water partition coefficient (Wildman–Crippen LogP) is 4.68. The maximum atomic E-state index is 13.3. The number of halogens is 2. The normalized spacial score (nSPS) is 10.3. The van der Waals surface area contributed by atoms with Crippen molar-refractivity contribution in [2.75, 3.05) is 17.6 Å². The number of hydrogen-bond donors (Lipinski definition) is 1. The second-order valence-corrected chi connectivity index (χ2v) is 5.23. The molecule has 0 heterocycles. The monoisotopic (exact) mass is 281 g/mol. The van der Waals surface area contributed by atoms with Crippen molar-refractivity contribution in [3.8, 4) is 0 Å². The van der Waals surface area contributed by atoms with Gasteiger partial charge in [0.2, 0.25) is 0 Å². The lowest BCUT2D eigenvalue weighted by molar-refractivity contribution is 0.602. The van der Waals surface area contributed by atoms with Crippen LogP contribution >= 0.6 is 23.4 Å². The highest BCUT2D eigenvalue weighted by Gasteiger charge is 2.01. The molecule has 4 heteroatoms. The van der Waals surface area contributed by atoms with Crippen LogP contribution in [-0.2, 0) is 0 Å². The molecule has 0 atom stereocenters. The van der Waals surface area contributed by atoms with E-state index in [1.165, 1.54) is 17.8 Å². The summed E-state index contributed by atoms with van der Waals surface area (Å²) in [5.41, 5.74) is 0.910. The SMILES string of the molecule is Fc1ccccc1SCCNc1ccccc1Cl. The third kappa shape index (κ3) is 3.65. The van der Waals surface area contributed by atoms with Gasteiger partial charge in [-0.15, -0.1) is 11.8 Å². The first kappa shape index (κ1) is 13.2. The number of benzene rings is 2. The third-order valence-electron chi connectivity index (χ3n) is 2.39. The van der Waals surface area contributed by atoms with Crippen molar-refractivity contribution >= 4 is 29.1 Å². The van der Waals surface area contributed by atoms with Crippen LogP contribution in [0.5, 0.6) is 0 Å². The first-order valence-corrected chi connectivity index (χ1v) is 6.99. The quantitative estimate of drug-likeness (QED) is 0.631. The Morgan fingerprint density at radius 1 is 1.06 bits per heavy atom. The van der Waals surface area contributed by atoms with E-state index in [9.17, 15) is 4.39 Å². The molecule has 18 heavy (non-hydrogen) atoms. The van der Waals surface area contributed by atoms with Crippen LogP contribution in [0.2, 0.25) is 5.02 Å². The average Bonchev–Trinajstić information content (AvgIpc) is 2.38. The summed E-state index contributed by atoms with van der Waals surface area (Å²) in [6.07, 6.45) is 0. The van der Waals surface area contributed by atoms with Crippen LogP contribution in [0.1, 0.15) is 0 Å². The third-order valence-corrected chi connectivity index (χ3v) is 3.77. The zero-order valence-electron chi connectivity index (χ0n) is 9.70. The van der Waals surface area contributed by atoms with E-state index in [4.69, 9.17) is 11.6 Å². The van der Waals surface area contributed by atoms with Gasteiger partial charge in [0.1, 0.15) is 5.82 Å². The highest BCUT2D eigenvalue weighted by atomic mass is 35.5.